The minimum absolute atomic E-state index is 0.275. The molecule has 0 heterocycles. The van der Waals surface area contributed by atoms with E-state index >= 15 is 0 Å². The Kier molecular flexibility index (Phi) is 8.55. The third-order valence-electron chi connectivity index (χ3n) is 3.73. The van der Waals surface area contributed by atoms with Crippen LogP contribution >= 0.6 is 15.9 Å². The number of carbonyl (C=O) groups is 2. The lowest BCUT2D eigenvalue weighted by molar-refractivity contribution is 0.0844. The van der Waals surface area contributed by atoms with Crippen molar-refractivity contribution in [2.24, 2.45) is 0 Å². The van der Waals surface area contributed by atoms with Crippen molar-refractivity contribution in [2.75, 3.05) is 13.2 Å². The molecule has 0 spiro atoms. The number of hydrogen-bond acceptors (Lipinski definition) is 4. The van der Waals surface area contributed by atoms with Crippen LogP contribution in [0, 0.1) is 0 Å². The van der Waals surface area contributed by atoms with Gasteiger partial charge in [0.1, 0.15) is 18.1 Å². The van der Waals surface area contributed by atoms with Crippen LogP contribution in [0.25, 0.3) is 0 Å². The summed E-state index contributed by atoms with van der Waals surface area (Å²) < 4.78 is 11.8. The second-order valence-electron chi connectivity index (χ2n) is 5.85. The van der Waals surface area contributed by atoms with Gasteiger partial charge >= 0.3 is 0 Å². The number of unbranched alkanes of at least 4 members (excludes halogenated alkanes) is 1. The molecule has 148 valence electrons. The summed E-state index contributed by atoms with van der Waals surface area (Å²) >= 11 is 3.40. The highest BCUT2D eigenvalue weighted by molar-refractivity contribution is 9.10. The Labute approximate surface area is 173 Å². The van der Waals surface area contributed by atoms with Gasteiger partial charge < -0.3 is 9.47 Å². The summed E-state index contributed by atoms with van der Waals surface area (Å²) in [5.74, 6) is 0.151. The average molecular weight is 447 g/mol. The molecule has 0 aliphatic carbocycles. The van der Waals surface area contributed by atoms with Crippen molar-refractivity contribution in [3.05, 3.63) is 70.7 Å². The number of para-hydroxylation sites is 1. The molecule has 0 aliphatic rings. The van der Waals surface area contributed by atoms with Crippen LogP contribution in [-0.2, 0) is 0 Å². The van der Waals surface area contributed by atoms with Gasteiger partial charge in [0.05, 0.1) is 16.6 Å². The molecule has 0 atom stereocenters. The van der Waals surface area contributed by atoms with E-state index in [2.05, 4.69) is 40.3 Å². The molecule has 28 heavy (non-hydrogen) atoms. The molecule has 2 rings (SSSR count). The number of hydrazine groups is 1. The molecule has 6 nitrogen and oxygen atoms in total. The van der Waals surface area contributed by atoms with Gasteiger partial charge in [-0.3, -0.25) is 20.4 Å². The molecule has 2 N–H and O–H groups in total. The predicted octanol–water partition coefficient (Wildman–Crippen LogP) is 4.27. The monoisotopic (exact) mass is 446 g/mol. The number of nitrogens with one attached hydrogen (secondary N) is 2. The summed E-state index contributed by atoms with van der Waals surface area (Å²) in [7, 11) is 0. The molecule has 0 saturated carbocycles. The number of rotatable bonds is 9. The van der Waals surface area contributed by atoms with Gasteiger partial charge in [-0.25, -0.2) is 0 Å². The van der Waals surface area contributed by atoms with E-state index < -0.39 is 11.8 Å². The smallest absolute Gasteiger partial charge is 0.273 e. The lowest BCUT2D eigenvalue weighted by Gasteiger charge is -2.12. The number of ether oxygens (including phenoxy) is 2. The molecule has 0 unspecified atom stereocenters. The van der Waals surface area contributed by atoms with Crippen LogP contribution < -0.4 is 20.3 Å². The van der Waals surface area contributed by atoms with Crippen LogP contribution in [0.5, 0.6) is 11.5 Å². The number of carbonyl (C=O) groups excluding carboxylic acids is 2. The van der Waals surface area contributed by atoms with Crippen molar-refractivity contribution in [2.45, 2.75) is 19.8 Å². The maximum Gasteiger partial charge on any atom is 0.273 e. The van der Waals surface area contributed by atoms with E-state index in [-0.39, 0.29) is 6.61 Å². The zero-order chi connectivity index (χ0) is 20.4. The summed E-state index contributed by atoms with van der Waals surface area (Å²) in [6.07, 6.45) is 3.59. The second kappa shape index (κ2) is 11.1. The summed E-state index contributed by atoms with van der Waals surface area (Å²) in [4.78, 5) is 24.7. The molecule has 2 amide bonds. The fourth-order valence-electron chi connectivity index (χ4n) is 2.27. The standard InChI is InChI=1S/C21H23BrN2O4/c1-3-5-13-28-19-11-10-15(14-17(19)22)20(25)23-24-21(26)16-8-6-7-9-18(16)27-12-4-2/h4,6-11,14H,2-3,5,12-13H2,1H3,(H,23,25)(H,24,26). The maximum atomic E-state index is 12.4. The molecule has 2 aromatic rings. The minimum atomic E-state index is -0.480. The van der Waals surface area contributed by atoms with Crippen LogP contribution in [-0.4, -0.2) is 25.0 Å². The highest BCUT2D eigenvalue weighted by atomic mass is 79.9. The number of halogens is 1. The first-order chi connectivity index (χ1) is 13.6. The fourth-order valence-corrected chi connectivity index (χ4v) is 2.76. The Balaban J connectivity index is 1.97. The third-order valence-corrected chi connectivity index (χ3v) is 4.35. The first kappa shape index (κ1) is 21.5. The largest absolute Gasteiger partial charge is 0.492 e. The first-order valence-corrected chi connectivity index (χ1v) is 9.71. The van der Waals surface area contributed by atoms with E-state index in [0.29, 0.717) is 33.7 Å². The topological polar surface area (TPSA) is 76.7 Å². The van der Waals surface area contributed by atoms with Crippen molar-refractivity contribution >= 4 is 27.7 Å². The summed E-state index contributed by atoms with van der Waals surface area (Å²) in [5.41, 5.74) is 5.49. The predicted molar refractivity (Wildman–Crippen MR) is 112 cm³/mol. The van der Waals surface area contributed by atoms with E-state index in [1.54, 1.807) is 48.5 Å². The van der Waals surface area contributed by atoms with Gasteiger partial charge in [0, 0.05) is 5.56 Å². The van der Waals surface area contributed by atoms with Crippen LogP contribution in [0.15, 0.2) is 59.6 Å². The van der Waals surface area contributed by atoms with Crippen molar-refractivity contribution in [3.8, 4) is 11.5 Å². The Bertz CT molecular complexity index is 839. The van der Waals surface area contributed by atoms with Crippen LogP contribution in [0.3, 0.4) is 0 Å². The second-order valence-corrected chi connectivity index (χ2v) is 6.71. The van der Waals surface area contributed by atoms with Crippen LogP contribution in [0.1, 0.15) is 40.5 Å². The minimum Gasteiger partial charge on any atom is -0.492 e. The highest BCUT2D eigenvalue weighted by Crippen LogP contribution is 2.26. The quantitative estimate of drug-likeness (QED) is 0.342. The van der Waals surface area contributed by atoms with Crippen molar-refractivity contribution in [1.82, 2.24) is 10.9 Å². The van der Waals surface area contributed by atoms with Gasteiger partial charge in [-0.05, 0) is 52.7 Å². The SMILES string of the molecule is C=CCOc1ccccc1C(=O)NNC(=O)c1ccc(OCCCC)c(Br)c1. The molecular formula is C21H23BrN2O4. The molecule has 7 heteroatoms. The van der Waals surface area contributed by atoms with Gasteiger partial charge in [-0.2, -0.15) is 0 Å². The normalized spacial score (nSPS) is 10.1. The fraction of sp³-hybridized carbons (Fsp3) is 0.238. The Morgan fingerprint density at radius 1 is 1.07 bits per heavy atom. The zero-order valence-electron chi connectivity index (χ0n) is 15.7. The lowest BCUT2D eigenvalue weighted by atomic mass is 10.2. The maximum absolute atomic E-state index is 12.4. The molecule has 0 radical (unpaired) electrons. The molecular weight excluding hydrogens is 424 g/mol. The molecule has 0 aromatic heterocycles. The summed E-state index contributed by atoms with van der Waals surface area (Å²) in [6.45, 7) is 6.56. The van der Waals surface area contributed by atoms with E-state index in [0.717, 1.165) is 12.8 Å². The number of benzene rings is 2. The number of amides is 2. The Morgan fingerprint density at radius 3 is 2.54 bits per heavy atom. The van der Waals surface area contributed by atoms with Crippen molar-refractivity contribution < 1.29 is 19.1 Å². The summed E-state index contributed by atoms with van der Waals surface area (Å²) in [5, 5.41) is 0. The van der Waals surface area contributed by atoms with Gasteiger partial charge in [0.25, 0.3) is 11.8 Å². The summed E-state index contributed by atoms with van der Waals surface area (Å²) in [6, 6.07) is 11.8. The zero-order valence-corrected chi connectivity index (χ0v) is 17.3. The molecule has 0 fully saturated rings. The van der Waals surface area contributed by atoms with Crippen molar-refractivity contribution in [1.29, 1.82) is 0 Å². The van der Waals surface area contributed by atoms with E-state index in [9.17, 15) is 9.59 Å². The Morgan fingerprint density at radius 2 is 1.82 bits per heavy atom. The average Bonchev–Trinajstić information content (AvgIpc) is 2.71. The van der Waals surface area contributed by atoms with Gasteiger partial charge in [0.15, 0.2) is 0 Å². The Hall–Kier alpha value is -2.80. The van der Waals surface area contributed by atoms with Crippen LogP contribution in [0.4, 0.5) is 0 Å². The van der Waals surface area contributed by atoms with Crippen LogP contribution in [0.2, 0.25) is 0 Å². The number of hydrogen-bond donors (Lipinski definition) is 2. The van der Waals surface area contributed by atoms with Gasteiger partial charge in [-0.1, -0.05) is 38.1 Å². The molecule has 2 aromatic carbocycles. The van der Waals surface area contributed by atoms with E-state index in [1.165, 1.54) is 0 Å². The van der Waals surface area contributed by atoms with Crippen molar-refractivity contribution in [3.63, 3.8) is 0 Å². The highest BCUT2D eigenvalue weighted by Gasteiger charge is 2.14. The van der Waals surface area contributed by atoms with E-state index in [4.69, 9.17) is 9.47 Å². The van der Waals surface area contributed by atoms with Gasteiger partial charge in [-0.15, -0.1) is 0 Å². The van der Waals surface area contributed by atoms with Gasteiger partial charge in [0.2, 0.25) is 0 Å². The molecule has 0 aliphatic heterocycles. The van der Waals surface area contributed by atoms with E-state index in [1.807, 2.05) is 0 Å². The first-order valence-electron chi connectivity index (χ1n) is 8.92. The lowest BCUT2D eigenvalue weighted by Crippen LogP contribution is -2.41. The third kappa shape index (κ3) is 6.13. The molecule has 0 saturated heterocycles. The molecule has 0 bridgehead atoms.